The summed E-state index contributed by atoms with van der Waals surface area (Å²) in [7, 11) is 0. The number of aromatic nitrogens is 3. The molecule has 0 bridgehead atoms. The van der Waals surface area contributed by atoms with Crippen LogP contribution < -0.4 is 0 Å². The SMILES string of the molecule is CC(=O)c1c(C)nn(CC(=O)N2CCCC[C@H]2c2cc(C)on2)c1C. The maximum Gasteiger partial charge on any atom is 0.244 e. The Bertz CT molecular complexity index is 805. The van der Waals surface area contributed by atoms with Gasteiger partial charge < -0.3 is 9.42 Å². The van der Waals surface area contributed by atoms with E-state index in [0.29, 0.717) is 17.8 Å². The Morgan fingerprint density at radius 1 is 1.28 bits per heavy atom. The maximum atomic E-state index is 12.9. The summed E-state index contributed by atoms with van der Waals surface area (Å²) in [4.78, 5) is 26.5. The Morgan fingerprint density at radius 2 is 2.04 bits per heavy atom. The van der Waals surface area contributed by atoms with Crippen molar-refractivity contribution in [2.24, 2.45) is 0 Å². The molecular weight excluding hydrogens is 320 g/mol. The largest absolute Gasteiger partial charge is 0.361 e. The average Bonchev–Trinajstić information content (AvgIpc) is 3.11. The normalized spacial score (nSPS) is 17.8. The number of carbonyl (C=O) groups excluding carboxylic acids is 2. The Labute approximate surface area is 147 Å². The highest BCUT2D eigenvalue weighted by Gasteiger charge is 2.30. The molecule has 7 heteroatoms. The number of aryl methyl sites for hydroxylation is 2. The smallest absolute Gasteiger partial charge is 0.244 e. The molecule has 1 atom stereocenters. The van der Waals surface area contributed by atoms with Gasteiger partial charge in [0, 0.05) is 18.3 Å². The molecule has 2 aromatic rings. The van der Waals surface area contributed by atoms with Gasteiger partial charge in [0.25, 0.3) is 0 Å². The van der Waals surface area contributed by atoms with E-state index in [2.05, 4.69) is 10.3 Å². The predicted molar refractivity (Wildman–Crippen MR) is 91.3 cm³/mol. The van der Waals surface area contributed by atoms with Gasteiger partial charge in [-0.15, -0.1) is 0 Å². The second kappa shape index (κ2) is 6.82. The monoisotopic (exact) mass is 344 g/mol. The summed E-state index contributed by atoms with van der Waals surface area (Å²) in [6, 6.07) is 1.84. The van der Waals surface area contributed by atoms with E-state index < -0.39 is 0 Å². The number of amides is 1. The van der Waals surface area contributed by atoms with Crippen molar-refractivity contribution in [2.75, 3.05) is 6.54 Å². The fraction of sp³-hybridized carbons (Fsp3) is 0.556. The van der Waals surface area contributed by atoms with Gasteiger partial charge in [0.1, 0.15) is 18.0 Å². The first-order chi connectivity index (χ1) is 11.9. The third-order valence-electron chi connectivity index (χ3n) is 4.83. The molecule has 0 unspecified atom stereocenters. The number of hydrogen-bond acceptors (Lipinski definition) is 5. The summed E-state index contributed by atoms with van der Waals surface area (Å²) < 4.78 is 6.82. The third-order valence-corrected chi connectivity index (χ3v) is 4.83. The van der Waals surface area contributed by atoms with Crippen LogP contribution in [0, 0.1) is 20.8 Å². The first-order valence-corrected chi connectivity index (χ1v) is 8.66. The van der Waals surface area contributed by atoms with Crippen molar-refractivity contribution >= 4 is 11.7 Å². The van der Waals surface area contributed by atoms with Crippen molar-refractivity contribution in [1.82, 2.24) is 19.8 Å². The number of rotatable bonds is 4. The second-order valence-electron chi connectivity index (χ2n) is 6.72. The van der Waals surface area contributed by atoms with E-state index >= 15 is 0 Å². The van der Waals surface area contributed by atoms with Crippen molar-refractivity contribution in [1.29, 1.82) is 0 Å². The van der Waals surface area contributed by atoms with Gasteiger partial charge in [-0.05, 0) is 47.0 Å². The Kier molecular flexibility index (Phi) is 4.74. The van der Waals surface area contributed by atoms with Gasteiger partial charge in [-0.1, -0.05) is 5.16 Å². The summed E-state index contributed by atoms with van der Waals surface area (Å²) in [5, 5.41) is 8.48. The molecule has 0 aromatic carbocycles. The van der Waals surface area contributed by atoms with Gasteiger partial charge in [-0.25, -0.2) is 0 Å². The molecule has 1 aliphatic rings. The van der Waals surface area contributed by atoms with E-state index in [-0.39, 0.29) is 24.3 Å². The highest BCUT2D eigenvalue weighted by atomic mass is 16.5. The molecule has 1 saturated heterocycles. The fourth-order valence-corrected chi connectivity index (χ4v) is 3.66. The Balaban J connectivity index is 1.82. The van der Waals surface area contributed by atoms with E-state index in [9.17, 15) is 9.59 Å². The molecule has 7 nitrogen and oxygen atoms in total. The maximum absolute atomic E-state index is 12.9. The fourth-order valence-electron chi connectivity index (χ4n) is 3.66. The lowest BCUT2D eigenvalue weighted by Crippen LogP contribution is -2.40. The molecule has 1 amide bonds. The zero-order chi connectivity index (χ0) is 18.1. The van der Waals surface area contributed by atoms with Crippen molar-refractivity contribution in [2.45, 2.75) is 59.5 Å². The summed E-state index contributed by atoms with van der Waals surface area (Å²) in [6.07, 6.45) is 2.93. The van der Waals surface area contributed by atoms with Gasteiger partial charge in [0.2, 0.25) is 5.91 Å². The lowest BCUT2D eigenvalue weighted by atomic mass is 9.99. The lowest BCUT2D eigenvalue weighted by molar-refractivity contribution is -0.136. The van der Waals surface area contributed by atoms with Crippen molar-refractivity contribution in [3.05, 3.63) is 34.5 Å². The molecule has 0 saturated carbocycles. The summed E-state index contributed by atoms with van der Waals surface area (Å²) >= 11 is 0. The van der Waals surface area contributed by atoms with Crippen molar-refractivity contribution in [3.63, 3.8) is 0 Å². The van der Waals surface area contributed by atoms with Gasteiger partial charge in [-0.3, -0.25) is 14.3 Å². The molecule has 2 aromatic heterocycles. The minimum Gasteiger partial charge on any atom is -0.361 e. The number of hydrogen-bond donors (Lipinski definition) is 0. The van der Waals surface area contributed by atoms with Gasteiger partial charge in [0.05, 0.1) is 17.3 Å². The van der Waals surface area contributed by atoms with E-state index in [4.69, 9.17) is 4.52 Å². The van der Waals surface area contributed by atoms with Crippen LogP contribution in [0.15, 0.2) is 10.6 Å². The Morgan fingerprint density at radius 3 is 2.64 bits per heavy atom. The first kappa shape index (κ1) is 17.4. The van der Waals surface area contributed by atoms with Gasteiger partial charge >= 0.3 is 0 Å². The van der Waals surface area contributed by atoms with Crippen LogP contribution in [0.5, 0.6) is 0 Å². The third kappa shape index (κ3) is 3.36. The molecule has 0 N–H and O–H groups in total. The van der Waals surface area contributed by atoms with Crippen molar-refractivity contribution in [3.8, 4) is 0 Å². The number of carbonyl (C=O) groups is 2. The molecule has 1 fully saturated rings. The standard InChI is InChI=1S/C18H24N4O3/c1-11-9-15(20-25-11)16-7-5-6-8-21(16)17(24)10-22-13(3)18(14(4)23)12(2)19-22/h9,16H,5-8,10H2,1-4H3/t16-/m0/s1. The van der Waals surface area contributed by atoms with Crippen LogP contribution >= 0.6 is 0 Å². The van der Waals surface area contributed by atoms with Crippen LogP contribution in [0.1, 0.15) is 65.4 Å². The molecule has 0 spiro atoms. The molecule has 1 aliphatic heterocycles. The minimum absolute atomic E-state index is 0.00828. The number of Topliss-reactive ketones (excluding diaryl/α,β-unsaturated/α-hetero) is 1. The molecule has 3 rings (SSSR count). The molecule has 25 heavy (non-hydrogen) atoms. The second-order valence-corrected chi connectivity index (χ2v) is 6.72. The summed E-state index contributed by atoms with van der Waals surface area (Å²) in [6.45, 7) is 7.84. The van der Waals surface area contributed by atoms with Crippen molar-refractivity contribution < 1.29 is 14.1 Å². The quantitative estimate of drug-likeness (QED) is 0.797. The molecule has 3 heterocycles. The van der Waals surface area contributed by atoms with Crippen LogP contribution in [0.3, 0.4) is 0 Å². The number of likely N-dealkylation sites (tertiary alicyclic amines) is 1. The summed E-state index contributed by atoms with van der Waals surface area (Å²) in [5.74, 6) is 0.714. The predicted octanol–water partition coefficient (Wildman–Crippen LogP) is 2.75. The van der Waals surface area contributed by atoms with E-state index in [1.165, 1.54) is 6.92 Å². The zero-order valence-electron chi connectivity index (χ0n) is 15.2. The number of ketones is 1. The molecule has 0 aliphatic carbocycles. The van der Waals surface area contributed by atoms with Crippen LogP contribution in [-0.2, 0) is 11.3 Å². The molecule has 0 radical (unpaired) electrons. The van der Waals surface area contributed by atoms with Gasteiger partial charge in [0.15, 0.2) is 5.78 Å². The van der Waals surface area contributed by atoms with E-state index in [0.717, 1.165) is 36.4 Å². The molecular formula is C18H24N4O3. The van der Waals surface area contributed by atoms with E-state index in [1.807, 2.05) is 24.8 Å². The Hall–Kier alpha value is -2.44. The highest BCUT2D eigenvalue weighted by Crippen LogP contribution is 2.31. The zero-order valence-corrected chi connectivity index (χ0v) is 15.2. The summed E-state index contributed by atoms with van der Waals surface area (Å²) in [5.41, 5.74) is 2.82. The topological polar surface area (TPSA) is 81.2 Å². The van der Waals surface area contributed by atoms with E-state index in [1.54, 1.807) is 11.6 Å². The van der Waals surface area contributed by atoms with Gasteiger partial charge in [-0.2, -0.15) is 5.10 Å². The highest BCUT2D eigenvalue weighted by molar-refractivity contribution is 5.96. The van der Waals surface area contributed by atoms with Crippen LogP contribution in [0.25, 0.3) is 0 Å². The van der Waals surface area contributed by atoms with Crippen LogP contribution in [-0.4, -0.2) is 38.1 Å². The number of piperidine rings is 1. The van der Waals surface area contributed by atoms with Crippen LogP contribution in [0.2, 0.25) is 0 Å². The number of nitrogens with zero attached hydrogens (tertiary/aromatic N) is 4. The average molecular weight is 344 g/mol. The van der Waals surface area contributed by atoms with Crippen LogP contribution in [0.4, 0.5) is 0 Å². The lowest BCUT2D eigenvalue weighted by Gasteiger charge is -2.34. The first-order valence-electron chi connectivity index (χ1n) is 8.66. The molecule has 134 valence electrons. The minimum atomic E-state index is -0.0528.